The molecule has 0 aliphatic rings. The number of thiophene rings is 1. The fraction of sp³-hybridized carbons (Fsp3) is 0.118. The number of methoxy groups -OCH3 is 1. The van der Waals surface area contributed by atoms with E-state index in [2.05, 4.69) is 21.1 Å². The molecule has 0 aliphatic carbocycles. The van der Waals surface area contributed by atoms with Crippen molar-refractivity contribution in [3.8, 4) is 0 Å². The molecule has 1 N–H and O–H groups in total. The van der Waals surface area contributed by atoms with E-state index in [1.807, 2.05) is 23.6 Å². The predicted molar refractivity (Wildman–Crippen MR) is 88.6 cm³/mol. The van der Waals surface area contributed by atoms with Gasteiger partial charge >= 0.3 is 5.97 Å². The van der Waals surface area contributed by atoms with E-state index in [-0.39, 0.29) is 11.6 Å². The summed E-state index contributed by atoms with van der Waals surface area (Å²) in [7, 11) is 1.28. The van der Waals surface area contributed by atoms with Gasteiger partial charge in [0.05, 0.1) is 7.11 Å². The molecular weight excluding hydrogens is 312 g/mol. The van der Waals surface area contributed by atoms with Crippen molar-refractivity contribution in [2.75, 3.05) is 7.11 Å². The van der Waals surface area contributed by atoms with E-state index in [0.717, 1.165) is 10.9 Å². The third kappa shape index (κ3) is 3.22. The quantitative estimate of drug-likeness (QED) is 0.748. The minimum absolute atomic E-state index is 0.112. The molecule has 3 aromatic rings. The molecule has 0 spiro atoms. The first-order chi connectivity index (χ1) is 11.2. The SMILES string of the molecule is COC(=O)c1cc(C(=O)NCc2csc3ccccc23)ccn1. The largest absolute Gasteiger partial charge is 0.464 e. The molecular formula is C17H14N2O3S. The minimum atomic E-state index is -0.566. The molecule has 1 aromatic carbocycles. The lowest BCUT2D eigenvalue weighted by atomic mass is 10.1. The second-order valence-electron chi connectivity index (χ2n) is 4.86. The number of carbonyl (C=O) groups is 2. The fourth-order valence-corrected chi connectivity index (χ4v) is 3.20. The first-order valence-corrected chi connectivity index (χ1v) is 7.84. The summed E-state index contributed by atoms with van der Waals surface area (Å²) in [6.07, 6.45) is 1.42. The van der Waals surface area contributed by atoms with Crippen LogP contribution in [0.5, 0.6) is 0 Å². The molecule has 5 nitrogen and oxygen atoms in total. The third-order valence-electron chi connectivity index (χ3n) is 3.42. The van der Waals surface area contributed by atoms with Crippen molar-refractivity contribution in [3.05, 3.63) is 64.8 Å². The summed E-state index contributed by atoms with van der Waals surface area (Å²) < 4.78 is 5.79. The summed E-state index contributed by atoms with van der Waals surface area (Å²) in [5.41, 5.74) is 1.56. The van der Waals surface area contributed by atoms with Crippen LogP contribution in [0.25, 0.3) is 10.1 Å². The second-order valence-corrected chi connectivity index (χ2v) is 5.77. The number of hydrogen-bond acceptors (Lipinski definition) is 5. The van der Waals surface area contributed by atoms with Crippen LogP contribution in [-0.2, 0) is 11.3 Å². The predicted octanol–water partition coefficient (Wildman–Crippen LogP) is 3.01. The van der Waals surface area contributed by atoms with E-state index in [0.29, 0.717) is 12.1 Å². The Bertz CT molecular complexity index is 873. The molecule has 0 radical (unpaired) electrons. The van der Waals surface area contributed by atoms with Crippen molar-refractivity contribution in [2.24, 2.45) is 0 Å². The van der Waals surface area contributed by atoms with Crippen molar-refractivity contribution in [1.29, 1.82) is 0 Å². The van der Waals surface area contributed by atoms with E-state index in [4.69, 9.17) is 0 Å². The molecule has 2 aromatic heterocycles. The summed E-state index contributed by atoms with van der Waals surface area (Å²) >= 11 is 1.65. The van der Waals surface area contributed by atoms with Gasteiger partial charge in [-0.3, -0.25) is 4.79 Å². The average Bonchev–Trinajstić information content (AvgIpc) is 3.02. The Morgan fingerprint density at radius 3 is 2.91 bits per heavy atom. The Kier molecular flexibility index (Phi) is 4.34. The van der Waals surface area contributed by atoms with Crippen LogP contribution in [0.15, 0.2) is 48.0 Å². The number of benzene rings is 1. The lowest BCUT2D eigenvalue weighted by Gasteiger charge is -2.06. The number of aromatic nitrogens is 1. The maximum absolute atomic E-state index is 12.3. The van der Waals surface area contributed by atoms with E-state index in [9.17, 15) is 9.59 Å². The Balaban J connectivity index is 1.73. The third-order valence-corrected chi connectivity index (χ3v) is 4.43. The minimum Gasteiger partial charge on any atom is -0.464 e. The van der Waals surface area contributed by atoms with Gasteiger partial charge in [0.25, 0.3) is 5.91 Å². The van der Waals surface area contributed by atoms with Gasteiger partial charge in [-0.1, -0.05) is 18.2 Å². The van der Waals surface area contributed by atoms with Crippen molar-refractivity contribution >= 4 is 33.3 Å². The van der Waals surface area contributed by atoms with Crippen molar-refractivity contribution in [2.45, 2.75) is 6.54 Å². The molecule has 0 unspecified atom stereocenters. The summed E-state index contributed by atoms with van der Waals surface area (Å²) in [5.74, 6) is -0.823. The van der Waals surface area contributed by atoms with Crippen molar-refractivity contribution in [3.63, 3.8) is 0 Å². The lowest BCUT2D eigenvalue weighted by molar-refractivity contribution is 0.0594. The van der Waals surface area contributed by atoms with Gasteiger partial charge < -0.3 is 10.1 Å². The molecule has 3 rings (SSSR count). The number of amides is 1. The number of pyridine rings is 1. The number of rotatable bonds is 4. The highest BCUT2D eigenvalue weighted by atomic mass is 32.1. The normalized spacial score (nSPS) is 10.5. The molecule has 1 amide bonds. The molecule has 0 saturated heterocycles. The number of esters is 1. The van der Waals surface area contributed by atoms with Gasteiger partial charge in [0, 0.05) is 23.0 Å². The zero-order valence-corrected chi connectivity index (χ0v) is 13.2. The number of nitrogens with zero attached hydrogens (tertiary/aromatic N) is 1. The van der Waals surface area contributed by atoms with Gasteiger partial charge in [0.2, 0.25) is 0 Å². The highest BCUT2D eigenvalue weighted by molar-refractivity contribution is 7.17. The number of carbonyl (C=O) groups excluding carboxylic acids is 2. The topological polar surface area (TPSA) is 68.3 Å². The second kappa shape index (κ2) is 6.58. The van der Waals surface area contributed by atoms with Gasteiger partial charge in [0.15, 0.2) is 0 Å². The van der Waals surface area contributed by atoms with Crippen molar-refractivity contribution < 1.29 is 14.3 Å². The van der Waals surface area contributed by atoms with Crippen LogP contribution >= 0.6 is 11.3 Å². The maximum Gasteiger partial charge on any atom is 0.356 e. The van der Waals surface area contributed by atoms with Gasteiger partial charge in [-0.2, -0.15) is 0 Å². The first-order valence-electron chi connectivity index (χ1n) is 6.96. The molecule has 0 saturated carbocycles. The first kappa shape index (κ1) is 15.2. The molecule has 23 heavy (non-hydrogen) atoms. The van der Waals surface area contributed by atoms with Gasteiger partial charge in [-0.15, -0.1) is 11.3 Å². The van der Waals surface area contributed by atoms with Crippen LogP contribution in [-0.4, -0.2) is 24.0 Å². The highest BCUT2D eigenvalue weighted by Gasteiger charge is 2.12. The van der Waals surface area contributed by atoms with Crippen molar-refractivity contribution in [1.82, 2.24) is 10.3 Å². The van der Waals surface area contributed by atoms with E-state index in [1.54, 1.807) is 17.4 Å². The van der Waals surface area contributed by atoms with Gasteiger partial charge in [-0.05, 0) is 34.5 Å². The monoisotopic (exact) mass is 326 g/mol. The van der Waals surface area contributed by atoms with Crippen LogP contribution in [0.3, 0.4) is 0 Å². The van der Waals surface area contributed by atoms with Crippen LogP contribution in [0.1, 0.15) is 26.4 Å². The molecule has 2 heterocycles. The van der Waals surface area contributed by atoms with E-state index >= 15 is 0 Å². The summed E-state index contributed by atoms with van der Waals surface area (Å²) in [5, 5.41) is 6.05. The molecule has 0 fully saturated rings. The zero-order chi connectivity index (χ0) is 16.2. The van der Waals surface area contributed by atoms with Crippen LogP contribution in [0, 0.1) is 0 Å². The van der Waals surface area contributed by atoms with Gasteiger partial charge in [-0.25, -0.2) is 9.78 Å². The molecule has 116 valence electrons. The summed E-state index contributed by atoms with van der Waals surface area (Å²) in [6.45, 7) is 0.429. The smallest absolute Gasteiger partial charge is 0.356 e. The summed E-state index contributed by atoms with van der Waals surface area (Å²) in [4.78, 5) is 27.6. The highest BCUT2D eigenvalue weighted by Crippen LogP contribution is 2.25. The number of hydrogen-bond donors (Lipinski definition) is 1. The number of fused-ring (bicyclic) bond motifs is 1. The Hall–Kier alpha value is -2.73. The average molecular weight is 326 g/mol. The Morgan fingerprint density at radius 2 is 2.09 bits per heavy atom. The van der Waals surface area contributed by atoms with Crippen LogP contribution < -0.4 is 5.32 Å². The lowest BCUT2D eigenvalue weighted by Crippen LogP contribution is -2.23. The summed E-state index contributed by atoms with van der Waals surface area (Å²) in [6, 6.07) is 11.0. The molecule has 0 atom stereocenters. The number of ether oxygens (including phenoxy) is 1. The van der Waals surface area contributed by atoms with Gasteiger partial charge in [0.1, 0.15) is 5.69 Å². The Morgan fingerprint density at radius 1 is 1.26 bits per heavy atom. The Labute approximate surface area is 136 Å². The fourth-order valence-electron chi connectivity index (χ4n) is 2.24. The van der Waals surface area contributed by atoms with Crippen LogP contribution in [0.2, 0.25) is 0 Å². The van der Waals surface area contributed by atoms with Crippen LogP contribution in [0.4, 0.5) is 0 Å². The number of nitrogens with one attached hydrogen (secondary N) is 1. The standard InChI is InChI=1S/C17H14N2O3S/c1-22-17(21)14-8-11(6-7-18-14)16(20)19-9-12-10-23-15-5-3-2-4-13(12)15/h2-8,10H,9H2,1H3,(H,19,20). The maximum atomic E-state index is 12.3. The van der Waals surface area contributed by atoms with E-state index in [1.165, 1.54) is 24.1 Å². The zero-order valence-electron chi connectivity index (χ0n) is 12.4. The molecule has 0 bridgehead atoms. The molecule has 0 aliphatic heterocycles. The molecule has 6 heteroatoms. The van der Waals surface area contributed by atoms with E-state index < -0.39 is 5.97 Å².